The van der Waals surface area contributed by atoms with Crippen LogP contribution >= 0.6 is 15.9 Å². The highest BCUT2D eigenvalue weighted by Crippen LogP contribution is 2.30. The van der Waals surface area contributed by atoms with E-state index >= 15 is 0 Å². The predicted molar refractivity (Wildman–Crippen MR) is 102 cm³/mol. The molecule has 1 aliphatic rings. The van der Waals surface area contributed by atoms with Crippen molar-refractivity contribution in [3.63, 3.8) is 0 Å². The molecule has 25 heavy (non-hydrogen) atoms. The summed E-state index contributed by atoms with van der Waals surface area (Å²) in [4.78, 5) is 14.8. The summed E-state index contributed by atoms with van der Waals surface area (Å²) in [6.45, 7) is 4.74. The van der Waals surface area contributed by atoms with E-state index < -0.39 is 6.10 Å². The summed E-state index contributed by atoms with van der Waals surface area (Å²) in [5, 5.41) is 2.99. The first-order valence-corrected chi connectivity index (χ1v) is 9.07. The normalized spacial score (nSPS) is 15.5. The molecule has 1 amide bonds. The Kier molecular flexibility index (Phi) is 5.94. The fraction of sp³-hybridized carbons (Fsp3) is 0.316. The van der Waals surface area contributed by atoms with Crippen molar-refractivity contribution >= 4 is 33.2 Å². The van der Waals surface area contributed by atoms with Gasteiger partial charge in [-0.25, -0.2) is 0 Å². The monoisotopic (exact) mass is 404 g/mol. The Hall–Kier alpha value is -2.05. The molecule has 1 heterocycles. The van der Waals surface area contributed by atoms with Crippen LogP contribution in [-0.4, -0.2) is 38.3 Å². The van der Waals surface area contributed by atoms with Gasteiger partial charge in [0.15, 0.2) is 6.10 Å². The standard InChI is InChI=1S/C19H21BrN2O3/c1-14(25-16-5-3-2-4-6-16)19(23)21-17-13-15(20)7-8-18(17)22-9-11-24-12-10-22/h2-8,13-14H,9-12H2,1H3,(H,21,23). The maximum absolute atomic E-state index is 12.6. The van der Waals surface area contributed by atoms with Crippen molar-refractivity contribution in [3.8, 4) is 5.75 Å². The van der Waals surface area contributed by atoms with Crippen LogP contribution in [0.3, 0.4) is 0 Å². The summed E-state index contributed by atoms with van der Waals surface area (Å²) in [6.07, 6.45) is -0.598. The van der Waals surface area contributed by atoms with E-state index in [0.29, 0.717) is 19.0 Å². The number of morpholine rings is 1. The average molecular weight is 405 g/mol. The molecule has 0 bridgehead atoms. The number of para-hydroxylation sites is 1. The lowest BCUT2D eigenvalue weighted by Crippen LogP contribution is -2.37. The topological polar surface area (TPSA) is 50.8 Å². The van der Waals surface area contributed by atoms with Crippen LogP contribution in [-0.2, 0) is 9.53 Å². The molecule has 0 saturated carbocycles. The van der Waals surface area contributed by atoms with Crippen LogP contribution in [0.25, 0.3) is 0 Å². The third-order valence-electron chi connectivity index (χ3n) is 3.99. The Morgan fingerprint density at radius 2 is 1.92 bits per heavy atom. The first kappa shape index (κ1) is 17.8. The number of nitrogens with one attached hydrogen (secondary N) is 1. The molecule has 132 valence electrons. The highest BCUT2D eigenvalue weighted by atomic mass is 79.9. The predicted octanol–water partition coefficient (Wildman–Crippen LogP) is 3.69. The quantitative estimate of drug-likeness (QED) is 0.825. The van der Waals surface area contributed by atoms with Crippen molar-refractivity contribution in [1.82, 2.24) is 0 Å². The zero-order valence-electron chi connectivity index (χ0n) is 14.1. The maximum Gasteiger partial charge on any atom is 0.265 e. The van der Waals surface area contributed by atoms with Gasteiger partial charge in [0.1, 0.15) is 5.75 Å². The molecule has 1 saturated heterocycles. The third-order valence-corrected chi connectivity index (χ3v) is 4.49. The molecule has 0 spiro atoms. The number of rotatable bonds is 5. The molecule has 0 radical (unpaired) electrons. The van der Waals surface area contributed by atoms with Crippen LogP contribution in [0, 0.1) is 0 Å². The van der Waals surface area contributed by atoms with Gasteiger partial charge in [0.05, 0.1) is 24.6 Å². The first-order valence-electron chi connectivity index (χ1n) is 8.28. The van der Waals surface area contributed by atoms with E-state index in [2.05, 4.69) is 26.1 Å². The number of ether oxygens (including phenoxy) is 2. The molecule has 3 rings (SSSR count). The van der Waals surface area contributed by atoms with Crippen molar-refractivity contribution < 1.29 is 14.3 Å². The van der Waals surface area contributed by atoms with Crippen LogP contribution < -0.4 is 15.0 Å². The minimum absolute atomic E-state index is 0.184. The van der Waals surface area contributed by atoms with Gasteiger partial charge in [-0.3, -0.25) is 4.79 Å². The number of halogens is 1. The third kappa shape index (κ3) is 4.74. The van der Waals surface area contributed by atoms with Gasteiger partial charge in [0.2, 0.25) is 0 Å². The molecule has 0 aliphatic carbocycles. The minimum Gasteiger partial charge on any atom is -0.481 e. The van der Waals surface area contributed by atoms with Crippen LogP contribution in [0.2, 0.25) is 0 Å². The Balaban J connectivity index is 1.72. The maximum atomic E-state index is 12.6. The minimum atomic E-state index is -0.598. The fourth-order valence-electron chi connectivity index (χ4n) is 2.68. The van der Waals surface area contributed by atoms with Gasteiger partial charge in [0, 0.05) is 17.6 Å². The fourth-order valence-corrected chi connectivity index (χ4v) is 3.04. The number of hydrogen-bond donors (Lipinski definition) is 1. The van der Waals surface area contributed by atoms with Crippen molar-refractivity contribution in [2.45, 2.75) is 13.0 Å². The van der Waals surface area contributed by atoms with Gasteiger partial charge >= 0.3 is 0 Å². The molecule has 1 fully saturated rings. The molecule has 1 aliphatic heterocycles. The second-order valence-electron chi connectivity index (χ2n) is 5.82. The molecule has 2 aromatic carbocycles. The molecule has 6 heteroatoms. The Morgan fingerprint density at radius 1 is 1.20 bits per heavy atom. The Morgan fingerprint density at radius 3 is 2.64 bits per heavy atom. The lowest BCUT2D eigenvalue weighted by Gasteiger charge is -2.31. The summed E-state index contributed by atoms with van der Waals surface area (Å²) in [5.74, 6) is 0.490. The summed E-state index contributed by atoms with van der Waals surface area (Å²) in [6, 6.07) is 15.2. The van der Waals surface area contributed by atoms with E-state index in [1.165, 1.54) is 0 Å². The van der Waals surface area contributed by atoms with Crippen molar-refractivity contribution in [1.29, 1.82) is 0 Å². The first-order chi connectivity index (χ1) is 12.1. The van der Waals surface area contributed by atoms with E-state index in [0.717, 1.165) is 28.9 Å². The van der Waals surface area contributed by atoms with Gasteiger partial charge in [-0.05, 0) is 37.3 Å². The highest BCUT2D eigenvalue weighted by Gasteiger charge is 2.20. The van der Waals surface area contributed by atoms with Crippen LogP contribution in [0.5, 0.6) is 5.75 Å². The number of benzene rings is 2. The molecular formula is C19H21BrN2O3. The van der Waals surface area contributed by atoms with Crippen molar-refractivity contribution in [2.24, 2.45) is 0 Å². The van der Waals surface area contributed by atoms with Gasteiger partial charge < -0.3 is 19.7 Å². The van der Waals surface area contributed by atoms with Gasteiger partial charge in [-0.2, -0.15) is 0 Å². The summed E-state index contributed by atoms with van der Waals surface area (Å²) >= 11 is 3.48. The number of nitrogens with zero attached hydrogens (tertiary/aromatic N) is 1. The summed E-state index contributed by atoms with van der Waals surface area (Å²) in [7, 11) is 0. The second kappa shape index (κ2) is 8.36. The zero-order chi connectivity index (χ0) is 17.6. The number of anilines is 2. The number of amides is 1. The second-order valence-corrected chi connectivity index (χ2v) is 6.74. The smallest absolute Gasteiger partial charge is 0.265 e. The molecule has 1 N–H and O–H groups in total. The molecule has 1 atom stereocenters. The van der Waals surface area contributed by atoms with Gasteiger partial charge in [-0.15, -0.1) is 0 Å². The van der Waals surface area contributed by atoms with Crippen LogP contribution in [0.4, 0.5) is 11.4 Å². The average Bonchev–Trinajstić information content (AvgIpc) is 2.63. The highest BCUT2D eigenvalue weighted by molar-refractivity contribution is 9.10. The van der Waals surface area contributed by atoms with E-state index in [4.69, 9.17) is 9.47 Å². The zero-order valence-corrected chi connectivity index (χ0v) is 15.7. The molecule has 1 unspecified atom stereocenters. The van der Waals surface area contributed by atoms with Crippen LogP contribution in [0.1, 0.15) is 6.92 Å². The van der Waals surface area contributed by atoms with E-state index in [9.17, 15) is 4.79 Å². The largest absolute Gasteiger partial charge is 0.481 e. The number of carbonyl (C=O) groups is 1. The van der Waals surface area contributed by atoms with E-state index in [1.54, 1.807) is 6.92 Å². The summed E-state index contributed by atoms with van der Waals surface area (Å²) in [5.41, 5.74) is 1.76. The molecule has 2 aromatic rings. The van der Waals surface area contributed by atoms with Crippen molar-refractivity contribution in [2.75, 3.05) is 36.5 Å². The Bertz CT molecular complexity index is 718. The van der Waals surface area contributed by atoms with Gasteiger partial charge in [0.25, 0.3) is 5.91 Å². The lowest BCUT2D eigenvalue weighted by atomic mass is 10.2. The van der Waals surface area contributed by atoms with E-state index in [1.807, 2.05) is 48.5 Å². The van der Waals surface area contributed by atoms with Gasteiger partial charge in [-0.1, -0.05) is 34.1 Å². The van der Waals surface area contributed by atoms with E-state index in [-0.39, 0.29) is 5.91 Å². The molecule has 5 nitrogen and oxygen atoms in total. The molecular weight excluding hydrogens is 384 g/mol. The van der Waals surface area contributed by atoms with Crippen LogP contribution in [0.15, 0.2) is 53.0 Å². The van der Waals surface area contributed by atoms with Crippen molar-refractivity contribution in [3.05, 3.63) is 53.0 Å². The SMILES string of the molecule is CC(Oc1ccccc1)C(=O)Nc1cc(Br)ccc1N1CCOCC1. The molecule has 0 aromatic heterocycles. The Labute approximate surface area is 156 Å². The number of hydrogen-bond acceptors (Lipinski definition) is 4. The lowest BCUT2D eigenvalue weighted by molar-refractivity contribution is -0.122. The summed E-state index contributed by atoms with van der Waals surface area (Å²) < 4.78 is 12.0. The number of carbonyl (C=O) groups excluding carboxylic acids is 1.